The Hall–Kier alpha value is -2.73. The first kappa shape index (κ1) is 12.0. The van der Waals surface area contributed by atoms with Crippen LogP contribution in [0.25, 0.3) is 32.2 Å². The van der Waals surface area contributed by atoms with E-state index < -0.39 is 5.97 Å². The highest BCUT2D eigenvalue weighted by molar-refractivity contribution is 7.16. The fourth-order valence-corrected chi connectivity index (χ4v) is 3.20. The summed E-state index contributed by atoms with van der Waals surface area (Å²) in [5.41, 5.74) is 5.44. The lowest BCUT2D eigenvalue weighted by atomic mass is 9.99. The fourth-order valence-electron chi connectivity index (χ4n) is 2.50. The highest BCUT2D eigenvalue weighted by Gasteiger charge is 2.14. The van der Waals surface area contributed by atoms with Crippen molar-refractivity contribution in [3.63, 3.8) is 0 Å². The number of carboxylic acid groups (broad SMARTS) is 1. The minimum absolute atomic E-state index is 0.242. The van der Waals surface area contributed by atoms with E-state index in [0.717, 1.165) is 32.2 Å². The summed E-state index contributed by atoms with van der Waals surface area (Å²) in [4.78, 5) is 15.7. The van der Waals surface area contributed by atoms with Gasteiger partial charge in [0.25, 0.3) is 0 Å². The van der Waals surface area contributed by atoms with Crippen molar-refractivity contribution >= 4 is 38.4 Å². The van der Waals surface area contributed by atoms with Crippen LogP contribution in [-0.2, 0) is 0 Å². The molecule has 2 aromatic heterocycles. The number of rotatable bonds is 2. The van der Waals surface area contributed by atoms with E-state index in [1.165, 1.54) is 0 Å². The Bertz CT molecular complexity index is 987. The van der Waals surface area contributed by atoms with Crippen molar-refractivity contribution in [2.45, 2.75) is 0 Å². The quantitative estimate of drug-likeness (QED) is 0.593. The molecule has 2 aromatic carbocycles. The number of para-hydroxylation sites is 1. The minimum atomic E-state index is -0.954. The second-order valence-electron chi connectivity index (χ2n) is 4.67. The van der Waals surface area contributed by atoms with Gasteiger partial charge in [-0.3, -0.25) is 5.10 Å². The Morgan fingerprint density at radius 2 is 2.14 bits per heavy atom. The lowest BCUT2D eigenvalue weighted by molar-refractivity contribution is 0.0697. The number of nitrogens with zero attached hydrogens (tertiary/aromatic N) is 2. The van der Waals surface area contributed by atoms with Gasteiger partial charge in [-0.05, 0) is 18.2 Å². The van der Waals surface area contributed by atoms with Crippen LogP contribution in [0.1, 0.15) is 10.4 Å². The smallest absolute Gasteiger partial charge is 0.335 e. The molecule has 2 N–H and O–H groups in total. The molecule has 0 spiro atoms. The number of carbonyl (C=O) groups is 1. The predicted octanol–water partition coefficient (Wildman–Crippen LogP) is 3.54. The third-order valence-electron chi connectivity index (χ3n) is 3.45. The maximum atomic E-state index is 11.3. The number of hydrogen-bond donors (Lipinski definition) is 2. The molecule has 0 aliphatic rings. The van der Waals surface area contributed by atoms with Gasteiger partial charge in [0.15, 0.2) is 0 Å². The Morgan fingerprint density at radius 3 is 3.00 bits per heavy atom. The van der Waals surface area contributed by atoms with Crippen LogP contribution in [-0.4, -0.2) is 26.3 Å². The maximum Gasteiger partial charge on any atom is 0.335 e. The van der Waals surface area contributed by atoms with Crippen molar-refractivity contribution in [1.82, 2.24) is 15.2 Å². The number of aromatic carboxylic acids is 1. The second kappa shape index (κ2) is 4.39. The molecule has 0 atom stereocenters. The van der Waals surface area contributed by atoms with Crippen molar-refractivity contribution in [3.8, 4) is 11.1 Å². The predicted molar refractivity (Wildman–Crippen MR) is 81.7 cm³/mol. The molecular weight excluding hydrogens is 286 g/mol. The number of benzene rings is 2. The first-order chi connectivity index (χ1) is 10.2. The van der Waals surface area contributed by atoms with E-state index in [4.69, 9.17) is 0 Å². The number of H-pyrrole nitrogens is 1. The number of hydrogen-bond acceptors (Lipinski definition) is 4. The van der Waals surface area contributed by atoms with Crippen molar-refractivity contribution < 1.29 is 9.90 Å². The van der Waals surface area contributed by atoms with Gasteiger partial charge in [-0.25, -0.2) is 9.78 Å². The van der Waals surface area contributed by atoms with Crippen LogP contribution >= 0.6 is 11.3 Å². The normalized spacial score (nSPS) is 11.2. The molecule has 0 bridgehead atoms. The van der Waals surface area contributed by atoms with Crippen molar-refractivity contribution in [3.05, 3.63) is 47.6 Å². The number of carboxylic acids is 1. The number of nitrogens with one attached hydrogen (secondary N) is 1. The number of aromatic amines is 1. The summed E-state index contributed by atoms with van der Waals surface area (Å²) in [6.45, 7) is 0. The molecule has 5 nitrogen and oxygen atoms in total. The van der Waals surface area contributed by atoms with Crippen LogP contribution in [0.4, 0.5) is 0 Å². The third kappa shape index (κ3) is 1.80. The molecule has 0 aliphatic carbocycles. The Labute approximate surface area is 122 Å². The van der Waals surface area contributed by atoms with Crippen molar-refractivity contribution in [1.29, 1.82) is 0 Å². The molecule has 4 rings (SSSR count). The molecule has 0 fully saturated rings. The highest BCUT2D eigenvalue weighted by atomic mass is 32.1. The second-order valence-corrected chi connectivity index (χ2v) is 5.55. The van der Waals surface area contributed by atoms with Gasteiger partial charge in [-0.15, -0.1) is 11.3 Å². The molecule has 2 heterocycles. The van der Waals surface area contributed by atoms with Crippen LogP contribution in [0.2, 0.25) is 0 Å². The first-order valence-corrected chi connectivity index (χ1v) is 7.15. The molecule has 102 valence electrons. The summed E-state index contributed by atoms with van der Waals surface area (Å²) in [6.07, 6.45) is 1.63. The van der Waals surface area contributed by atoms with E-state index in [9.17, 15) is 9.90 Å². The largest absolute Gasteiger partial charge is 0.478 e. The van der Waals surface area contributed by atoms with Crippen LogP contribution in [0.15, 0.2) is 42.0 Å². The summed E-state index contributed by atoms with van der Waals surface area (Å²) in [5.74, 6) is -0.954. The summed E-state index contributed by atoms with van der Waals surface area (Å²) >= 11 is 1.56. The van der Waals surface area contributed by atoms with Gasteiger partial charge in [0.05, 0.1) is 33.0 Å². The molecule has 4 aromatic rings. The fraction of sp³-hybridized carbons (Fsp3) is 0. The van der Waals surface area contributed by atoms with Crippen LogP contribution in [0, 0.1) is 0 Å². The summed E-state index contributed by atoms with van der Waals surface area (Å²) < 4.78 is 1.07. The van der Waals surface area contributed by atoms with Gasteiger partial charge < -0.3 is 5.11 Å². The first-order valence-electron chi connectivity index (χ1n) is 6.27. The lowest BCUT2D eigenvalue weighted by Crippen LogP contribution is -1.97. The highest BCUT2D eigenvalue weighted by Crippen LogP contribution is 2.34. The molecule has 0 amide bonds. The van der Waals surface area contributed by atoms with Crippen molar-refractivity contribution in [2.24, 2.45) is 0 Å². The molecule has 21 heavy (non-hydrogen) atoms. The Kier molecular flexibility index (Phi) is 2.52. The number of thiazole rings is 1. The summed E-state index contributed by atoms with van der Waals surface area (Å²) in [7, 11) is 0. The van der Waals surface area contributed by atoms with E-state index in [2.05, 4.69) is 15.2 Å². The number of fused-ring (bicyclic) bond motifs is 2. The third-order valence-corrected chi connectivity index (χ3v) is 4.24. The molecule has 0 saturated carbocycles. The van der Waals surface area contributed by atoms with Gasteiger partial charge in [0.2, 0.25) is 0 Å². The molecule has 0 unspecified atom stereocenters. The number of aromatic nitrogens is 3. The zero-order valence-electron chi connectivity index (χ0n) is 10.7. The van der Waals surface area contributed by atoms with Crippen molar-refractivity contribution in [2.75, 3.05) is 0 Å². The Morgan fingerprint density at radius 1 is 1.24 bits per heavy atom. The van der Waals surface area contributed by atoms with E-state index in [1.807, 2.05) is 18.2 Å². The van der Waals surface area contributed by atoms with E-state index >= 15 is 0 Å². The van der Waals surface area contributed by atoms with Crippen LogP contribution in [0.3, 0.4) is 0 Å². The van der Waals surface area contributed by atoms with Crippen LogP contribution < -0.4 is 0 Å². The molecule has 6 heteroatoms. The lowest BCUT2D eigenvalue weighted by Gasteiger charge is -2.06. The Balaban J connectivity index is 2.11. The molecule has 0 saturated heterocycles. The van der Waals surface area contributed by atoms with Gasteiger partial charge >= 0.3 is 5.97 Å². The van der Waals surface area contributed by atoms with Gasteiger partial charge in [0, 0.05) is 16.5 Å². The SMILES string of the molecule is O=C(O)c1cc(-c2cccc3scnc23)c2[nH]ncc2c1. The summed E-state index contributed by atoms with van der Waals surface area (Å²) in [6, 6.07) is 9.18. The zero-order chi connectivity index (χ0) is 14.4. The van der Waals surface area contributed by atoms with Gasteiger partial charge in [0.1, 0.15) is 0 Å². The minimum Gasteiger partial charge on any atom is -0.478 e. The van der Waals surface area contributed by atoms with E-state index in [0.29, 0.717) is 0 Å². The van der Waals surface area contributed by atoms with Gasteiger partial charge in [-0.2, -0.15) is 5.10 Å². The van der Waals surface area contributed by atoms with Gasteiger partial charge in [-0.1, -0.05) is 12.1 Å². The molecule has 0 aliphatic heterocycles. The zero-order valence-corrected chi connectivity index (χ0v) is 11.5. The average molecular weight is 295 g/mol. The van der Waals surface area contributed by atoms with E-state index in [-0.39, 0.29) is 5.56 Å². The maximum absolute atomic E-state index is 11.3. The summed E-state index contributed by atoms with van der Waals surface area (Å²) in [5, 5.41) is 17.0. The van der Waals surface area contributed by atoms with E-state index in [1.54, 1.807) is 35.2 Å². The topological polar surface area (TPSA) is 78.9 Å². The average Bonchev–Trinajstić information content (AvgIpc) is 3.14. The van der Waals surface area contributed by atoms with Crippen LogP contribution in [0.5, 0.6) is 0 Å². The monoisotopic (exact) mass is 295 g/mol. The molecule has 0 radical (unpaired) electrons. The standard InChI is InChI=1S/C15H9N3O2S/c19-15(20)8-4-9-6-17-18-13(9)11(5-8)10-2-1-3-12-14(10)16-7-21-12/h1-7H,(H,17,18)(H,19,20). The molecular formula is C15H9N3O2S.